The number of benzene rings is 1. The Hall–Kier alpha value is -2.72. The Kier molecular flexibility index (Phi) is 5.25. The van der Waals surface area contributed by atoms with Crippen molar-refractivity contribution in [2.45, 2.75) is 56.0 Å². The molecule has 34 heavy (non-hydrogen) atoms. The average Bonchev–Trinajstić information content (AvgIpc) is 3.50. The van der Waals surface area contributed by atoms with Crippen LogP contribution in [0.5, 0.6) is 0 Å². The number of hydrogen-bond donors (Lipinski definition) is 0. The normalized spacial score (nSPS) is 23.9. The van der Waals surface area contributed by atoms with Crippen LogP contribution < -0.4 is 5.56 Å². The molecule has 1 aromatic carbocycles. The molecule has 10 heteroatoms. The van der Waals surface area contributed by atoms with Crippen LogP contribution in [-0.2, 0) is 38.6 Å². The van der Waals surface area contributed by atoms with Crippen LogP contribution in [0.4, 0.5) is 4.39 Å². The number of ether oxygens (including phenoxy) is 1. The predicted molar refractivity (Wildman–Crippen MR) is 126 cm³/mol. The minimum Gasteiger partial charge on any atom is -0.458 e. The fourth-order valence-electron chi connectivity index (χ4n) is 5.28. The third-order valence-electron chi connectivity index (χ3n) is 6.87. The largest absolute Gasteiger partial charge is 0.458 e. The molecule has 0 bridgehead atoms. The van der Waals surface area contributed by atoms with E-state index < -0.39 is 16.9 Å². The van der Waals surface area contributed by atoms with Gasteiger partial charge in [-0.2, -0.15) is 0 Å². The number of aromatic nitrogens is 2. The smallest absolute Gasteiger partial charge is 0.330 e. The molecular weight excluding hydrogens is 477 g/mol. The van der Waals surface area contributed by atoms with E-state index in [1.807, 2.05) is 0 Å². The quantitative estimate of drug-likeness (QED) is 0.512. The molecule has 1 aliphatic carbocycles. The molecule has 0 radical (unpaired) electrons. The highest BCUT2D eigenvalue weighted by Gasteiger charge is 2.57. The van der Waals surface area contributed by atoms with Crippen LogP contribution in [0.2, 0.25) is 0 Å². The molecule has 3 aliphatic rings. The van der Waals surface area contributed by atoms with Gasteiger partial charge in [0, 0.05) is 28.8 Å². The number of aryl methyl sites for hydroxylation is 2. The second-order valence-electron chi connectivity index (χ2n) is 8.87. The summed E-state index contributed by atoms with van der Waals surface area (Å²) in [5.74, 6) is -0.575. The Bertz CT molecular complexity index is 1370. The zero-order valence-corrected chi connectivity index (χ0v) is 19.9. The first-order valence-corrected chi connectivity index (χ1v) is 13.2. The second-order valence-corrected chi connectivity index (χ2v) is 11.2. The first-order chi connectivity index (χ1) is 16.5. The van der Waals surface area contributed by atoms with E-state index in [4.69, 9.17) is 4.74 Å². The highest BCUT2D eigenvalue weighted by molar-refractivity contribution is 8.00. The SMILES string of the molecule is O=C(OCc1cc(=O)n2c3c(sc2n1)CCCC3)[C@H]1CS[C@@]2(c3ccc(F)cc3)CCC(=O)N12. The van der Waals surface area contributed by atoms with Gasteiger partial charge in [0.2, 0.25) is 5.91 Å². The second kappa shape index (κ2) is 8.20. The molecule has 2 saturated heterocycles. The maximum Gasteiger partial charge on any atom is 0.330 e. The van der Waals surface area contributed by atoms with Gasteiger partial charge in [0.15, 0.2) is 4.96 Å². The molecule has 2 fully saturated rings. The molecule has 0 saturated carbocycles. The van der Waals surface area contributed by atoms with E-state index in [9.17, 15) is 18.8 Å². The lowest BCUT2D eigenvalue weighted by atomic mass is 10.0. The summed E-state index contributed by atoms with van der Waals surface area (Å²) < 4.78 is 20.7. The van der Waals surface area contributed by atoms with Crippen molar-refractivity contribution in [1.29, 1.82) is 0 Å². The highest BCUT2D eigenvalue weighted by Crippen LogP contribution is 2.54. The topological polar surface area (TPSA) is 81.0 Å². The minimum absolute atomic E-state index is 0.113. The van der Waals surface area contributed by atoms with E-state index in [1.165, 1.54) is 46.2 Å². The summed E-state index contributed by atoms with van der Waals surface area (Å²) in [5, 5.41) is 0. The lowest BCUT2D eigenvalue weighted by molar-refractivity contribution is -0.155. The number of thioether (sulfide) groups is 1. The van der Waals surface area contributed by atoms with Crippen LogP contribution in [-0.4, -0.2) is 38.0 Å². The van der Waals surface area contributed by atoms with Gasteiger partial charge in [0.05, 0.1) is 5.69 Å². The summed E-state index contributed by atoms with van der Waals surface area (Å²) in [5.41, 5.74) is 2.11. The number of carbonyl (C=O) groups excluding carboxylic acids is 2. The number of rotatable bonds is 4. The van der Waals surface area contributed by atoms with Gasteiger partial charge in [0.1, 0.15) is 23.3 Å². The Balaban J connectivity index is 1.22. The van der Waals surface area contributed by atoms with Crippen molar-refractivity contribution in [3.05, 3.63) is 68.3 Å². The molecule has 3 aromatic rings. The molecule has 2 aromatic heterocycles. The number of carbonyl (C=O) groups is 2. The predicted octanol–water partition coefficient (Wildman–Crippen LogP) is 3.41. The van der Waals surface area contributed by atoms with Crippen LogP contribution in [0.25, 0.3) is 4.96 Å². The van der Waals surface area contributed by atoms with Crippen molar-refractivity contribution in [2.24, 2.45) is 0 Å². The van der Waals surface area contributed by atoms with Crippen molar-refractivity contribution >= 4 is 39.9 Å². The summed E-state index contributed by atoms with van der Waals surface area (Å²) in [6.07, 6.45) is 4.91. The molecule has 2 atom stereocenters. The van der Waals surface area contributed by atoms with Crippen molar-refractivity contribution in [2.75, 3.05) is 5.75 Å². The summed E-state index contributed by atoms with van der Waals surface area (Å²) in [7, 11) is 0. The van der Waals surface area contributed by atoms with E-state index in [0.29, 0.717) is 29.2 Å². The molecule has 0 unspecified atom stereocenters. The van der Waals surface area contributed by atoms with E-state index in [-0.39, 0.29) is 23.9 Å². The van der Waals surface area contributed by atoms with Gasteiger partial charge in [-0.3, -0.25) is 14.0 Å². The van der Waals surface area contributed by atoms with Crippen molar-refractivity contribution in [1.82, 2.24) is 14.3 Å². The molecule has 2 aliphatic heterocycles. The lowest BCUT2D eigenvalue weighted by Gasteiger charge is -2.33. The van der Waals surface area contributed by atoms with Crippen LogP contribution >= 0.6 is 23.1 Å². The van der Waals surface area contributed by atoms with Gasteiger partial charge in [-0.1, -0.05) is 12.1 Å². The summed E-state index contributed by atoms with van der Waals surface area (Å²) in [6.45, 7) is -0.125. The molecule has 0 N–H and O–H groups in total. The number of halogens is 1. The van der Waals surface area contributed by atoms with E-state index >= 15 is 0 Å². The van der Waals surface area contributed by atoms with Crippen molar-refractivity contribution in [3.63, 3.8) is 0 Å². The van der Waals surface area contributed by atoms with E-state index in [1.54, 1.807) is 21.4 Å². The van der Waals surface area contributed by atoms with Crippen molar-refractivity contribution < 1.29 is 18.7 Å². The van der Waals surface area contributed by atoms with Gasteiger partial charge in [0.25, 0.3) is 5.56 Å². The maximum atomic E-state index is 13.5. The molecule has 0 spiro atoms. The van der Waals surface area contributed by atoms with Gasteiger partial charge < -0.3 is 9.64 Å². The van der Waals surface area contributed by atoms with Gasteiger partial charge in [-0.25, -0.2) is 14.2 Å². The van der Waals surface area contributed by atoms with Gasteiger partial charge in [-0.05, 0) is 49.8 Å². The monoisotopic (exact) mass is 499 g/mol. The Morgan fingerprint density at radius 1 is 1.18 bits per heavy atom. The van der Waals surface area contributed by atoms with Crippen LogP contribution in [0.3, 0.4) is 0 Å². The number of esters is 1. The first-order valence-electron chi connectivity index (χ1n) is 11.4. The number of thiazole rings is 1. The van der Waals surface area contributed by atoms with Crippen molar-refractivity contribution in [3.8, 4) is 0 Å². The number of nitrogens with zero attached hydrogens (tertiary/aromatic N) is 3. The molecule has 1 amide bonds. The molecule has 4 heterocycles. The number of fused-ring (bicyclic) bond motifs is 4. The highest BCUT2D eigenvalue weighted by atomic mass is 32.2. The van der Waals surface area contributed by atoms with Gasteiger partial charge >= 0.3 is 5.97 Å². The summed E-state index contributed by atoms with van der Waals surface area (Å²) in [6, 6.07) is 6.79. The minimum atomic E-state index is -0.732. The summed E-state index contributed by atoms with van der Waals surface area (Å²) in [4.78, 5) is 45.9. The molecule has 176 valence electrons. The first kappa shape index (κ1) is 21.8. The van der Waals surface area contributed by atoms with E-state index in [2.05, 4.69) is 4.98 Å². The zero-order valence-electron chi connectivity index (χ0n) is 18.3. The fourth-order valence-corrected chi connectivity index (χ4v) is 8.15. The lowest BCUT2D eigenvalue weighted by Crippen LogP contribution is -2.46. The third-order valence-corrected chi connectivity index (χ3v) is 9.61. The number of amides is 1. The number of hydrogen-bond acceptors (Lipinski definition) is 7. The Morgan fingerprint density at radius 3 is 2.79 bits per heavy atom. The Morgan fingerprint density at radius 2 is 1.97 bits per heavy atom. The van der Waals surface area contributed by atoms with E-state index in [0.717, 1.165) is 36.9 Å². The van der Waals surface area contributed by atoms with Crippen LogP contribution in [0.1, 0.15) is 47.5 Å². The van der Waals surface area contributed by atoms with Gasteiger partial charge in [-0.15, -0.1) is 23.1 Å². The third kappa shape index (κ3) is 3.38. The average molecular weight is 500 g/mol. The zero-order chi connectivity index (χ0) is 23.4. The summed E-state index contributed by atoms with van der Waals surface area (Å²) >= 11 is 3.04. The molecule has 6 rings (SSSR count). The molecular formula is C24H22FN3O4S2. The van der Waals surface area contributed by atoms with Crippen LogP contribution in [0, 0.1) is 5.82 Å². The fraction of sp³-hybridized carbons (Fsp3) is 0.417. The maximum absolute atomic E-state index is 13.5. The standard InChI is InChI=1S/C24H22FN3O4S2/c25-15-7-5-14(6-8-15)24-10-9-20(29)28(24)18(13-33-24)22(31)32-12-16-11-21(30)27-17-3-1-2-4-19(17)34-23(27)26-16/h5-8,11,18H,1-4,9-10,12-13H2/t18-,24-/m1/s1. The molecule has 7 nitrogen and oxygen atoms in total. The Labute approximate surface area is 202 Å². The van der Waals surface area contributed by atoms with Crippen LogP contribution in [0.15, 0.2) is 35.1 Å².